The van der Waals surface area contributed by atoms with Crippen LogP contribution in [-0.4, -0.2) is 19.1 Å². The Morgan fingerprint density at radius 1 is 1.44 bits per heavy atom. The molecule has 4 heteroatoms. The van der Waals surface area contributed by atoms with Crippen molar-refractivity contribution < 1.29 is 9.53 Å². The predicted molar refractivity (Wildman–Crippen MR) is 74.5 cm³/mol. The SMILES string of the molecule is COC(=O)c1ccc(CNC2CC=CC2)c(Br)c1. The second-order valence-corrected chi connectivity index (χ2v) is 5.17. The van der Waals surface area contributed by atoms with Crippen molar-refractivity contribution in [3.63, 3.8) is 0 Å². The van der Waals surface area contributed by atoms with Gasteiger partial charge in [0.25, 0.3) is 0 Å². The lowest BCUT2D eigenvalue weighted by Crippen LogP contribution is -2.25. The molecule has 0 spiro atoms. The van der Waals surface area contributed by atoms with Gasteiger partial charge in [-0.25, -0.2) is 4.79 Å². The minimum Gasteiger partial charge on any atom is -0.465 e. The lowest BCUT2D eigenvalue weighted by molar-refractivity contribution is 0.0600. The lowest BCUT2D eigenvalue weighted by atomic mass is 10.1. The van der Waals surface area contributed by atoms with Crippen LogP contribution in [0.4, 0.5) is 0 Å². The molecule has 0 aromatic heterocycles. The third-order valence-corrected chi connectivity index (χ3v) is 3.80. The molecule has 0 aliphatic heterocycles. The number of hydrogen-bond donors (Lipinski definition) is 1. The average Bonchev–Trinajstić information content (AvgIpc) is 2.89. The highest BCUT2D eigenvalue weighted by Gasteiger charge is 2.11. The number of methoxy groups -OCH3 is 1. The van der Waals surface area contributed by atoms with E-state index < -0.39 is 0 Å². The van der Waals surface area contributed by atoms with Gasteiger partial charge in [0.15, 0.2) is 0 Å². The highest BCUT2D eigenvalue weighted by Crippen LogP contribution is 2.20. The van der Waals surface area contributed by atoms with Crippen LogP contribution in [0, 0.1) is 0 Å². The van der Waals surface area contributed by atoms with Crippen LogP contribution < -0.4 is 5.32 Å². The highest BCUT2D eigenvalue weighted by atomic mass is 79.9. The molecule has 0 amide bonds. The van der Waals surface area contributed by atoms with Gasteiger partial charge in [0.1, 0.15) is 0 Å². The summed E-state index contributed by atoms with van der Waals surface area (Å²) in [6, 6.07) is 6.08. The second kappa shape index (κ2) is 6.16. The molecule has 0 saturated carbocycles. The molecule has 0 fully saturated rings. The zero-order chi connectivity index (χ0) is 13.0. The van der Waals surface area contributed by atoms with Crippen molar-refractivity contribution in [1.29, 1.82) is 0 Å². The molecule has 0 atom stereocenters. The fourth-order valence-corrected chi connectivity index (χ4v) is 2.49. The summed E-state index contributed by atoms with van der Waals surface area (Å²) < 4.78 is 5.62. The molecule has 1 aromatic rings. The molecule has 1 aliphatic rings. The van der Waals surface area contributed by atoms with Crippen LogP contribution in [0.5, 0.6) is 0 Å². The third kappa shape index (κ3) is 3.21. The van der Waals surface area contributed by atoms with Crippen LogP contribution >= 0.6 is 15.9 Å². The summed E-state index contributed by atoms with van der Waals surface area (Å²) in [5.41, 5.74) is 1.71. The fourth-order valence-electron chi connectivity index (χ4n) is 1.97. The first kappa shape index (κ1) is 13.3. The Morgan fingerprint density at radius 3 is 2.78 bits per heavy atom. The predicted octanol–water partition coefficient (Wildman–Crippen LogP) is 3.04. The average molecular weight is 310 g/mol. The van der Waals surface area contributed by atoms with Gasteiger partial charge in [-0.1, -0.05) is 34.1 Å². The molecule has 1 aliphatic carbocycles. The summed E-state index contributed by atoms with van der Waals surface area (Å²) >= 11 is 3.49. The van der Waals surface area contributed by atoms with Gasteiger partial charge >= 0.3 is 5.97 Å². The number of ether oxygens (including phenoxy) is 1. The molecule has 1 aromatic carbocycles. The fraction of sp³-hybridized carbons (Fsp3) is 0.357. The number of nitrogens with one attached hydrogen (secondary N) is 1. The van der Waals surface area contributed by atoms with Gasteiger partial charge in [0.05, 0.1) is 12.7 Å². The molecule has 96 valence electrons. The third-order valence-electron chi connectivity index (χ3n) is 3.06. The number of hydrogen-bond acceptors (Lipinski definition) is 3. The Morgan fingerprint density at radius 2 is 2.17 bits per heavy atom. The van der Waals surface area contributed by atoms with Gasteiger partial charge in [-0.2, -0.15) is 0 Å². The molecule has 0 bridgehead atoms. The van der Waals surface area contributed by atoms with Gasteiger partial charge in [-0.3, -0.25) is 0 Å². The summed E-state index contributed by atoms with van der Waals surface area (Å²) in [6.07, 6.45) is 6.59. The summed E-state index contributed by atoms with van der Waals surface area (Å²) in [6.45, 7) is 0.800. The monoisotopic (exact) mass is 309 g/mol. The topological polar surface area (TPSA) is 38.3 Å². The Labute approximate surface area is 115 Å². The number of esters is 1. The van der Waals surface area contributed by atoms with E-state index in [1.54, 1.807) is 12.1 Å². The van der Waals surface area contributed by atoms with E-state index in [0.29, 0.717) is 11.6 Å². The maximum absolute atomic E-state index is 11.4. The number of rotatable bonds is 4. The van der Waals surface area contributed by atoms with Gasteiger partial charge in [-0.15, -0.1) is 0 Å². The largest absolute Gasteiger partial charge is 0.465 e. The normalized spacial score (nSPS) is 15.0. The molecular formula is C14H16BrNO2. The first-order valence-electron chi connectivity index (χ1n) is 5.96. The zero-order valence-corrected chi connectivity index (χ0v) is 11.9. The van der Waals surface area contributed by atoms with E-state index in [4.69, 9.17) is 0 Å². The molecule has 18 heavy (non-hydrogen) atoms. The van der Waals surface area contributed by atoms with Crippen molar-refractivity contribution >= 4 is 21.9 Å². The number of carbonyl (C=O) groups is 1. The maximum atomic E-state index is 11.4. The number of benzene rings is 1. The van der Waals surface area contributed by atoms with Crippen molar-refractivity contribution in [2.24, 2.45) is 0 Å². The quantitative estimate of drug-likeness (QED) is 0.686. The lowest BCUT2D eigenvalue weighted by Gasteiger charge is -2.13. The summed E-state index contributed by atoms with van der Waals surface area (Å²) in [4.78, 5) is 11.4. The van der Waals surface area contributed by atoms with Crippen LogP contribution in [0.15, 0.2) is 34.8 Å². The molecule has 2 rings (SSSR count). The summed E-state index contributed by atoms with van der Waals surface area (Å²) in [5.74, 6) is -0.310. The van der Waals surface area contributed by atoms with Crippen molar-refractivity contribution in [3.05, 3.63) is 46.0 Å². The maximum Gasteiger partial charge on any atom is 0.337 e. The molecule has 0 heterocycles. The van der Waals surface area contributed by atoms with E-state index in [0.717, 1.165) is 29.4 Å². The highest BCUT2D eigenvalue weighted by molar-refractivity contribution is 9.10. The van der Waals surface area contributed by atoms with Crippen molar-refractivity contribution in [2.75, 3.05) is 7.11 Å². The van der Waals surface area contributed by atoms with E-state index in [1.807, 2.05) is 6.07 Å². The molecule has 0 unspecified atom stereocenters. The van der Waals surface area contributed by atoms with E-state index in [1.165, 1.54) is 7.11 Å². The van der Waals surface area contributed by atoms with Gasteiger partial charge in [-0.05, 0) is 30.5 Å². The smallest absolute Gasteiger partial charge is 0.337 e. The van der Waals surface area contributed by atoms with Crippen molar-refractivity contribution in [3.8, 4) is 0 Å². The summed E-state index contributed by atoms with van der Waals surface area (Å²) in [7, 11) is 1.39. The van der Waals surface area contributed by atoms with Crippen LogP contribution in [0.2, 0.25) is 0 Å². The standard InChI is InChI=1S/C14H16BrNO2/c1-18-14(17)10-6-7-11(13(15)8-10)9-16-12-4-2-3-5-12/h2-3,6-8,12,16H,4-5,9H2,1H3. The van der Waals surface area contributed by atoms with E-state index in [-0.39, 0.29) is 5.97 Å². The minimum atomic E-state index is -0.310. The Bertz CT molecular complexity index is 463. The summed E-state index contributed by atoms with van der Waals surface area (Å²) in [5, 5.41) is 3.49. The molecule has 1 N–H and O–H groups in total. The van der Waals surface area contributed by atoms with Crippen LogP contribution in [-0.2, 0) is 11.3 Å². The van der Waals surface area contributed by atoms with Gasteiger partial charge in [0.2, 0.25) is 0 Å². The number of halogens is 1. The molecule has 3 nitrogen and oxygen atoms in total. The second-order valence-electron chi connectivity index (χ2n) is 4.32. The Hall–Kier alpha value is -1.13. The molecular weight excluding hydrogens is 294 g/mol. The van der Waals surface area contributed by atoms with Crippen LogP contribution in [0.25, 0.3) is 0 Å². The molecule has 0 radical (unpaired) electrons. The molecule has 0 saturated heterocycles. The van der Waals surface area contributed by atoms with Crippen LogP contribution in [0.1, 0.15) is 28.8 Å². The van der Waals surface area contributed by atoms with Crippen LogP contribution in [0.3, 0.4) is 0 Å². The van der Waals surface area contributed by atoms with Crippen molar-refractivity contribution in [2.45, 2.75) is 25.4 Å². The van der Waals surface area contributed by atoms with Gasteiger partial charge < -0.3 is 10.1 Å². The van der Waals surface area contributed by atoms with E-state index in [9.17, 15) is 4.79 Å². The number of carbonyl (C=O) groups excluding carboxylic acids is 1. The van der Waals surface area contributed by atoms with Crippen molar-refractivity contribution in [1.82, 2.24) is 5.32 Å². The first-order chi connectivity index (χ1) is 8.70. The Balaban J connectivity index is 1.98. The van der Waals surface area contributed by atoms with E-state index >= 15 is 0 Å². The zero-order valence-electron chi connectivity index (χ0n) is 10.3. The van der Waals surface area contributed by atoms with E-state index in [2.05, 4.69) is 38.1 Å². The minimum absolute atomic E-state index is 0.310. The first-order valence-corrected chi connectivity index (χ1v) is 6.75. The van der Waals surface area contributed by atoms with Gasteiger partial charge in [0, 0.05) is 17.1 Å². The Kier molecular flexibility index (Phi) is 4.55.